The molecule has 0 aliphatic heterocycles. The fourth-order valence-corrected chi connectivity index (χ4v) is 6.73. The van der Waals surface area contributed by atoms with Gasteiger partial charge in [0.15, 0.2) is 0 Å². The lowest BCUT2D eigenvalue weighted by atomic mass is 9.74. The first-order valence-electron chi connectivity index (χ1n) is 14.3. The van der Waals surface area contributed by atoms with Gasteiger partial charge in [-0.15, -0.1) is 0 Å². The smallest absolute Gasteiger partial charge is 0.142 e. The van der Waals surface area contributed by atoms with E-state index in [1.54, 1.807) is 18.2 Å². The summed E-state index contributed by atoms with van der Waals surface area (Å²) in [5.41, 5.74) is 2.07. The highest BCUT2D eigenvalue weighted by Crippen LogP contribution is 2.41. The summed E-state index contributed by atoms with van der Waals surface area (Å²) < 4.78 is 28.7. The first-order valence-corrected chi connectivity index (χ1v) is 14.7. The standard InChI is InChI=1S/C32H43ClF2/c1-2-3-4-5-6-23-7-9-24(10-8-23)11-12-25-13-15-26(16-14-25)27-17-19-29(31(34)21-27)28-18-20-30(33)32(35)22-28/h17-26H,2-16H2,1H3/t23-,24-,25?,26?. The second-order valence-electron chi connectivity index (χ2n) is 11.4. The minimum atomic E-state index is -0.513. The average molecular weight is 501 g/mol. The molecule has 35 heavy (non-hydrogen) atoms. The molecular weight excluding hydrogens is 458 g/mol. The van der Waals surface area contributed by atoms with Gasteiger partial charge >= 0.3 is 0 Å². The monoisotopic (exact) mass is 500 g/mol. The van der Waals surface area contributed by atoms with Gasteiger partial charge in [0, 0.05) is 5.56 Å². The SMILES string of the molecule is CCCCCC[C@H]1CC[C@H](CCC2CCC(c3ccc(-c4ccc(Cl)c(F)c4)c(F)c3)CC2)CC1. The second-order valence-corrected chi connectivity index (χ2v) is 11.8. The Kier molecular flexibility index (Phi) is 10.1. The van der Waals surface area contributed by atoms with Crippen LogP contribution in [0, 0.1) is 29.4 Å². The Labute approximate surface area is 216 Å². The van der Waals surface area contributed by atoms with Crippen LogP contribution in [-0.4, -0.2) is 0 Å². The van der Waals surface area contributed by atoms with Crippen molar-refractivity contribution in [1.82, 2.24) is 0 Å². The topological polar surface area (TPSA) is 0 Å². The van der Waals surface area contributed by atoms with Gasteiger partial charge in [-0.1, -0.05) is 107 Å². The van der Waals surface area contributed by atoms with Crippen molar-refractivity contribution in [3.8, 4) is 11.1 Å². The van der Waals surface area contributed by atoms with Crippen molar-refractivity contribution in [2.45, 2.75) is 109 Å². The predicted molar refractivity (Wildman–Crippen MR) is 145 cm³/mol. The van der Waals surface area contributed by atoms with Gasteiger partial charge in [-0.05, 0) is 78.7 Å². The minimum absolute atomic E-state index is 0.0630. The molecule has 2 aliphatic carbocycles. The predicted octanol–water partition coefficient (Wildman–Crippen LogP) is 11.1. The zero-order valence-corrected chi connectivity index (χ0v) is 22.3. The molecule has 0 nitrogen and oxygen atoms in total. The minimum Gasteiger partial charge on any atom is -0.206 e. The molecule has 2 fully saturated rings. The van der Waals surface area contributed by atoms with Crippen molar-refractivity contribution in [3.05, 3.63) is 58.6 Å². The molecule has 0 heterocycles. The summed E-state index contributed by atoms with van der Waals surface area (Å²) in [6.45, 7) is 2.29. The first kappa shape index (κ1) is 26.6. The van der Waals surface area contributed by atoms with Gasteiger partial charge in [-0.25, -0.2) is 8.78 Å². The number of unbranched alkanes of at least 4 members (excludes halogenated alkanes) is 3. The lowest BCUT2D eigenvalue weighted by Gasteiger charge is -2.32. The average Bonchev–Trinajstić information content (AvgIpc) is 2.88. The Balaban J connectivity index is 1.19. The molecule has 3 heteroatoms. The first-order chi connectivity index (χ1) is 17.0. The molecule has 0 radical (unpaired) electrons. The third kappa shape index (κ3) is 7.54. The van der Waals surface area contributed by atoms with Crippen LogP contribution in [0.2, 0.25) is 5.02 Å². The van der Waals surface area contributed by atoms with Crippen LogP contribution in [0.1, 0.15) is 115 Å². The molecule has 0 atom stereocenters. The van der Waals surface area contributed by atoms with Crippen molar-refractivity contribution >= 4 is 11.6 Å². The highest BCUT2D eigenvalue weighted by molar-refractivity contribution is 6.30. The van der Waals surface area contributed by atoms with Gasteiger partial charge in [0.05, 0.1) is 5.02 Å². The fourth-order valence-electron chi connectivity index (χ4n) is 6.61. The fraction of sp³-hybridized carbons (Fsp3) is 0.625. The van der Waals surface area contributed by atoms with Crippen molar-refractivity contribution in [2.75, 3.05) is 0 Å². The van der Waals surface area contributed by atoms with E-state index in [0.717, 1.165) is 36.2 Å². The van der Waals surface area contributed by atoms with Crippen LogP contribution in [0.4, 0.5) is 8.78 Å². The summed E-state index contributed by atoms with van der Waals surface area (Å²) >= 11 is 5.78. The lowest BCUT2D eigenvalue weighted by molar-refractivity contribution is 0.222. The van der Waals surface area contributed by atoms with Crippen molar-refractivity contribution in [1.29, 1.82) is 0 Å². The zero-order valence-electron chi connectivity index (χ0n) is 21.5. The maximum absolute atomic E-state index is 14.9. The molecule has 2 aliphatic rings. The van der Waals surface area contributed by atoms with Crippen LogP contribution in [-0.2, 0) is 0 Å². The van der Waals surface area contributed by atoms with E-state index in [-0.39, 0.29) is 10.8 Å². The molecule has 0 spiro atoms. The van der Waals surface area contributed by atoms with Crippen LogP contribution in [0.15, 0.2) is 36.4 Å². The molecule has 2 saturated carbocycles. The molecule has 0 unspecified atom stereocenters. The van der Waals surface area contributed by atoms with Crippen LogP contribution in [0.25, 0.3) is 11.1 Å². The Hall–Kier alpha value is -1.41. The summed E-state index contributed by atoms with van der Waals surface area (Å²) in [7, 11) is 0. The van der Waals surface area contributed by atoms with Crippen LogP contribution in [0.3, 0.4) is 0 Å². The molecule has 0 bridgehead atoms. The Morgan fingerprint density at radius 2 is 1.31 bits per heavy atom. The number of benzene rings is 2. The van der Waals surface area contributed by atoms with Gasteiger partial charge < -0.3 is 0 Å². The highest BCUT2D eigenvalue weighted by Gasteiger charge is 2.26. The quantitative estimate of drug-likeness (QED) is 0.284. The van der Waals surface area contributed by atoms with E-state index in [2.05, 4.69) is 6.92 Å². The molecule has 0 amide bonds. The third-order valence-electron chi connectivity index (χ3n) is 8.96. The largest absolute Gasteiger partial charge is 0.206 e. The Morgan fingerprint density at radius 1 is 0.686 bits per heavy atom. The number of hydrogen-bond acceptors (Lipinski definition) is 0. The van der Waals surface area contributed by atoms with Gasteiger partial charge in [0.1, 0.15) is 11.6 Å². The molecule has 2 aromatic carbocycles. The van der Waals surface area contributed by atoms with E-state index in [1.165, 1.54) is 95.6 Å². The maximum atomic E-state index is 14.9. The van der Waals surface area contributed by atoms with Crippen molar-refractivity contribution < 1.29 is 8.78 Å². The van der Waals surface area contributed by atoms with Crippen molar-refractivity contribution in [2.24, 2.45) is 17.8 Å². The summed E-state index contributed by atoms with van der Waals surface area (Å²) in [4.78, 5) is 0. The molecule has 192 valence electrons. The van der Waals surface area contributed by atoms with E-state index in [4.69, 9.17) is 11.6 Å². The maximum Gasteiger partial charge on any atom is 0.142 e. The van der Waals surface area contributed by atoms with Crippen LogP contribution in [0.5, 0.6) is 0 Å². The van der Waals surface area contributed by atoms with Gasteiger partial charge in [0.25, 0.3) is 0 Å². The van der Waals surface area contributed by atoms with E-state index in [0.29, 0.717) is 17.0 Å². The number of hydrogen-bond donors (Lipinski definition) is 0. The number of halogens is 3. The molecule has 2 aromatic rings. The second kappa shape index (κ2) is 13.2. The molecule has 0 N–H and O–H groups in total. The normalized spacial score (nSPS) is 25.0. The van der Waals surface area contributed by atoms with Gasteiger partial charge in [0.2, 0.25) is 0 Å². The summed E-state index contributed by atoms with van der Waals surface area (Å²) in [6.07, 6.45) is 20.6. The molecule has 4 rings (SSSR count). The van der Waals surface area contributed by atoms with E-state index < -0.39 is 5.82 Å². The molecule has 0 aromatic heterocycles. The van der Waals surface area contributed by atoms with E-state index in [1.807, 2.05) is 6.07 Å². The van der Waals surface area contributed by atoms with Crippen LogP contribution >= 0.6 is 11.6 Å². The zero-order chi connectivity index (χ0) is 24.6. The summed E-state index contributed by atoms with van der Waals surface area (Å²) in [6, 6.07) is 9.99. The number of rotatable bonds is 10. The third-order valence-corrected chi connectivity index (χ3v) is 9.26. The summed E-state index contributed by atoms with van der Waals surface area (Å²) in [5, 5.41) is 0.0630. The summed E-state index contributed by atoms with van der Waals surface area (Å²) in [5.74, 6) is 2.47. The van der Waals surface area contributed by atoms with Gasteiger partial charge in [-0.2, -0.15) is 0 Å². The van der Waals surface area contributed by atoms with E-state index in [9.17, 15) is 8.78 Å². The Bertz CT molecular complexity index is 923. The van der Waals surface area contributed by atoms with E-state index >= 15 is 0 Å². The molecular formula is C32H43ClF2. The highest BCUT2D eigenvalue weighted by atomic mass is 35.5. The van der Waals surface area contributed by atoms with Gasteiger partial charge in [-0.3, -0.25) is 0 Å². The lowest BCUT2D eigenvalue weighted by Crippen LogP contribution is -2.18. The Morgan fingerprint density at radius 3 is 1.91 bits per heavy atom. The molecule has 0 saturated heterocycles. The van der Waals surface area contributed by atoms with Crippen LogP contribution < -0.4 is 0 Å². The van der Waals surface area contributed by atoms with Crippen molar-refractivity contribution in [3.63, 3.8) is 0 Å².